The lowest BCUT2D eigenvalue weighted by Gasteiger charge is -2.36. The first-order chi connectivity index (χ1) is 9.90. The van der Waals surface area contributed by atoms with Gasteiger partial charge in [0.2, 0.25) is 0 Å². The molecule has 21 heavy (non-hydrogen) atoms. The molecule has 124 valence electrons. The van der Waals surface area contributed by atoms with Crippen molar-refractivity contribution in [3.05, 3.63) is 0 Å². The highest BCUT2D eigenvalue weighted by Gasteiger charge is 2.36. The number of hydrogen-bond donors (Lipinski definition) is 2. The zero-order valence-corrected chi connectivity index (χ0v) is 14.2. The van der Waals surface area contributed by atoms with E-state index in [9.17, 15) is 9.90 Å². The fourth-order valence-corrected chi connectivity index (χ4v) is 3.05. The maximum atomic E-state index is 11.7. The molecular weight excluding hydrogens is 266 g/mol. The lowest BCUT2D eigenvalue weighted by atomic mass is 9.78. The van der Waals surface area contributed by atoms with Crippen LogP contribution in [0.5, 0.6) is 0 Å². The molecule has 0 saturated heterocycles. The highest BCUT2D eigenvalue weighted by molar-refractivity contribution is 5.72. The van der Waals surface area contributed by atoms with Crippen LogP contribution in [0.1, 0.15) is 66.2 Å². The van der Waals surface area contributed by atoms with Gasteiger partial charge in [-0.05, 0) is 51.9 Å². The summed E-state index contributed by atoms with van der Waals surface area (Å²) in [5.74, 6) is 0.585. The molecule has 0 aromatic rings. The second-order valence-corrected chi connectivity index (χ2v) is 6.78. The summed E-state index contributed by atoms with van der Waals surface area (Å²) in [6, 6.07) is 0.423. The quantitative estimate of drug-likeness (QED) is 0.677. The van der Waals surface area contributed by atoms with Gasteiger partial charge in [0, 0.05) is 12.6 Å². The first kappa shape index (κ1) is 18.4. The molecule has 4 heteroatoms. The number of nitrogens with one attached hydrogen (secondary N) is 1. The van der Waals surface area contributed by atoms with Crippen LogP contribution < -0.4 is 5.32 Å². The van der Waals surface area contributed by atoms with E-state index in [1.807, 2.05) is 6.92 Å². The minimum absolute atomic E-state index is 0.0252. The molecule has 0 aromatic heterocycles. The number of ether oxygens (including phenoxy) is 1. The minimum Gasteiger partial charge on any atom is -0.466 e. The third-order valence-corrected chi connectivity index (χ3v) is 4.77. The molecule has 1 fully saturated rings. The van der Waals surface area contributed by atoms with E-state index in [0.717, 1.165) is 19.3 Å². The van der Waals surface area contributed by atoms with Crippen LogP contribution in [0.4, 0.5) is 0 Å². The van der Waals surface area contributed by atoms with Crippen LogP contribution in [0.2, 0.25) is 0 Å². The van der Waals surface area contributed by atoms with Crippen LogP contribution in [0, 0.1) is 11.8 Å². The fourth-order valence-electron chi connectivity index (χ4n) is 3.05. The Balaban J connectivity index is 2.32. The van der Waals surface area contributed by atoms with E-state index in [1.165, 1.54) is 6.42 Å². The van der Waals surface area contributed by atoms with Crippen molar-refractivity contribution in [2.45, 2.75) is 77.9 Å². The van der Waals surface area contributed by atoms with Gasteiger partial charge in [-0.1, -0.05) is 20.3 Å². The molecule has 0 radical (unpaired) electrons. The van der Waals surface area contributed by atoms with E-state index in [-0.39, 0.29) is 11.9 Å². The Kier molecular flexibility index (Phi) is 7.67. The summed E-state index contributed by atoms with van der Waals surface area (Å²) < 4.78 is 5.07. The maximum Gasteiger partial charge on any atom is 0.308 e. The lowest BCUT2D eigenvalue weighted by molar-refractivity contribution is -0.151. The standard InChI is InChI=1S/C17H33NO3/c1-5-13(3)11-14(4)18-12-17(20)9-7-15(8-10-17)16(19)21-6-2/h13-15,18,20H,5-12H2,1-4H3. The molecule has 0 aromatic carbocycles. The number of esters is 1. The molecule has 0 amide bonds. The molecule has 0 heterocycles. The van der Waals surface area contributed by atoms with Crippen LogP contribution in [0.3, 0.4) is 0 Å². The van der Waals surface area contributed by atoms with Crippen LogP contribution >= 0.6 is 0 Å². The monoisotopic (exact) mass is 299 g/mol. The summed E-state index contributed by atoms with van der Waals surface area (Å²) in [6.45, 7) is 9.55. The Morgan fingerprint density at radius 1 is 1.33 bits per heavy atom. The number of carbonyl (C=O) groups is 1. The van der Waals surface area contributed by atoms with Crippen LogP contribution in [-0.2, 0) is 9.53 Å². The molecule has 1 aliphatic rings. The molecule has 2 atom stereocenters. The van der Waals surface area contributed by atoms with Gasteiger partial charge in [-0.15, -0.1) is 0 Å². The van der Waals surface area contributed by atoms with Crippen molar-refractivity contribution in [3.8, 4) is 0 Å². The van der Waals surface area contributed by atoms with Gasteiger partial charge in [0.05, 0.1) is 18.1 Å². The highest BCUT2D eigenvalue weighted by Crippen LogP contribution is 2.32. The highest BCUT2D eigenvalue weighted by atomic mass is 16.5. The first-order valence-electron chi connectivity index (χ1n) is 8.52. The molecule has 1 saturated carbocycles. The summed E-state index contributed by atoms with van der Waals surface area (Å²) in [7, 11) is 0. The van der Waals surface area contributed by atoms with Gasteiger partial charge < -0.3 is 15.2 Å². The predicted octanol–water partition coefficient (Wildman–Crippen LogP) is 2.89. The Labute approximate surface area is 129 Å². The van der Waals surface area contributed by atoms with Crippen LogP contribution in [-0.4, -0.2) is 35.9 Å². The van der Waals surface area contributed by atoms with Crippen molar-refractivity contribution in [3.63, 3.8) is 0 Å². The Hall–Kier alpha value is -0.610. The average Bonchev–Trinajstić information content (AvgIpc) is 2.46. The van der Waals surface area contributed by atoms with Crippen molar-refractivity contribution < 1.29 is 14.6 Å². The van der Waals surface area contributed by atoms with Crippen molar-refractivity contribution in [1.29, 1.82) is 0 Å². The molecule has 0 spiro atoms. The fraction of sp³-hybridized carbons (Fsp3) is 0.941. The van der Waals surface area contributed by atoms with Gasteiger partial charge in [-0.25, -0.2) is 0 Å². The molecule has 0 bridgehead atoms. The largest absolute Gasteiger partial charge is 0.466 e. The maximum absolute atomic E-state index is 11.7. The summed E-state index contributed by atoms with van der Waals surface area (Å²) in [5, 5.41) is 14.1. The minimum atomic E-state index is -0.660. The van der Waals surface area contributed by atoms with Crippen LogP contribution in [0.25, 0.3) is 0 Å². The average molecular weight is 299 g/mol. The first-order valence-corrected chi connectivity index (χ1v) is 8.52. The zero-order chi connectivity index (χ0) is 15.9. The van der Waals surface area contributed by atoms with E-state index < -0.39 is 5.60 Å². The summed E-state index contributed by atoms with van der Waals surface area (Å²) in [4.78, 5) is 11.7. The van der Waals surface area contributed by atoms with E-state index in [1.54, 1.807) is 0 Å². The molecular formula is C17H33NO3. The third-order valence-electron chi connectivity index (χ3n) is 4.77. The number of aliphatic hydroxyl groups is 1. The van der Waals surface area contributed by atoms with Crippen molar-refractivity contribution in [2.75, 3.05) is 13.2 Å². The van der Waals surface area contributed by atoms with E-state index in [2.05, 4.69) is 26.1 Å². The summed E-state index contributed by atoms with van der Waals surface area (Å²) >= 11 is 0. The van der Waals surface area contributed by atoms with E-state index in [0.29, 0.717) is 38.0 Å². The topological polar surface area (TPSA) is 58.6 Å². The van der Waals surface area contributed by atoms with Crippen molar-refractivity contribution >= 4 is 5.97 Å². The second-order valence-electron chi connectivity index (χ2n) is 6.78. The molecule has 1 rings (SSSR count). The SMILES string of the molecule is CCOC(=O)C1CCC(O)(CNC(C)CC(C)CC)CC1. The van der Waals surface area contributed by atoms with E-state index in [4.69, 9.17) is 4.74 Å². The van der Waals surface area contributed by atoms with Gasteiger partial charge in [0.15, 0.2) is 0 Å². The number of carbonyl (C=O) groups excluding carboxylic acids is 1. The molecule has 4 nitrogen and oxygen atoms in total. The van der Waals surface area contributed by atoms with Gasteiger partial charge in [0.25, 0.3) is 0 Å². The van der Waals surface area contributed by atoms with Gasteiger partial charge in [-0.2, -0.15) is 0 Å². The summed E-state index contributed by atoms with van der Waals surface area (Å²) in [5.41, 5.74) is -0.660. The number of rotatable bonds is 8. The van der Waals surface area contributed by atoms with Gasteiger partial charge in [0.1, 0.15) is 0 Å². The van der Waals surface area contributed by atoms with Crippen molar-refractivity contribution in [2.24, 2.45) is 11.8 Å². The number of hydrogen-bond acceptors (Lipinski definition) is 4. The zero-order valence-electron chi connectivity index (χ0n) is 14.2. The third kappa shape index (κ3) is 6.35. The Bertz CT molecular complexity index is 311. The van der Waals surface area contributed by atoms with Crippen molar-refractivity contribution in [1.82, 2.24) is 5.32 Å². The second kappa shape index (κ2) is 8.74. The lowest BCUT2D eigenvalue weighted by Crippen LogP contribution is -2.47. The Morgan fingerprint density at radius 3 is 2.48 bits per heavy atom. The smallest absolute Gasteiger partial charge is 0.308 e. The predicted molar refractivity (Wildman–Crippen MR) is 85.1 cm³/mol. The Morgan fingerprint density at radius 2 is 1.95 bits per heavy atom. The van der Waals surface area contributed by atoms with E-state index >= 15 is 0 Å². The molecule has 0 aliphatic heterocycles. The molecule has 2 N–H and O–H groups in total. The van der Waals surface area contributed by atoms with Gasteiger partial charge >= 0.3 is 5.97 Å². The van der Waals surface area contributed by atoms with Gasteiger partial charge in [-0.3, -0.25) is 4.79 Å². The normalized spacial score (nSPS) is 28.9. The molecule has 1 aliphatic carbocycles. The molecule has 2 unspecified atom stereocenters. The summed E-state index contributed by atoms with van der Waals surface area (Å²) in [6.07, 6.45) is 5.15. The van der Waals surface area contributed by atoms with Crippen LogP contribution in [0.15, 0.2) is 0 Å².